The maximum atomic E-state index is 3.82. The van der Waals surface area contributed by atoms with E-state index >= 15 is 0 Å². The van der Waals surface area contributed by atoms with Crippen LogP contribution in [0.2, 0.25) is 0 Å². The SMILES string of the molecule is C=C/C(C)=C\C=C(/CC)C(CC)Cc1ccccc1CC. The summed E-state index contributed by atoms with van der Waals surface area (Å²) in [6.07, 6.45) is 11.0. The number of aryl methyl sites for hydroxylation is 1. The van der Waals surface area contributed by atoms with E-state index in [0.717, 1.165) is 19.3 Å². The van der Waals surface area contributed by atoms with E-state index in [9.17, 15) is 0 Å². The molecule has 0 heteroatoms. The van der Waals surface area contributed by atoms with E-state index in [-0.39, 0.29) is 0 Å². The lowest BCUT2D eigenvalue weighted by atomic mass is 9.86. The van der Waals surface area contributed by atoms with Crippen LogP contribution in [0.3, 0.4) is 0 Å². The number of hydrogen-bond acceptors (Lipinski definition) is 0. The zero-order valence-electron chi connectivity index (χ0n) is 14.2. The predicted molar refractivity (Wildman–Crippen MR) is 95.6 cm³/mol. The Morgan fingerprint density at radius 1 is 1.10 bits per heavy atom. The summed E-state index contributed by atoms with van der Waals surface area (Å²) in [5.41, 5.74) is 5.77. The molecule has 0 saturated carbocycles. The van der Waals surface area contributed by atoms with Gasteiger partial charge >= 0.3 is 0 Å². The smallest absolute Gasteiger partial charge is 0.0162 e. The van der Waals surface area contributed by atoms with Crippen molar-refractivity contribution < 1.29 is 0 Å². The molecule has 0 amide bonds. The largest absolute Gasteiger partial charge is 0.0988 e. The Kier molecular flexibility index (Phi) is 7.82. The minimum Gasteiger partial charge on any atom is -0.0988 e. The van der Waals surface area contributed by atoms with Crippen LogP contribution in [0, 0.1) is 5.92 Å². The zero-order valence-corrected chi connectivity index (χ0v) is 14.2. The third kappa shape index (κ3) is 5.38. The fraction of sp³-hybridized carbons (Fsp3) is 0.429. The van der Waals surface area contributed by atoms with Gasteiger partial charge < -0.3 is 0 Å². The molecule has 1 rings (SSSR count). The lowest BCUT2D eigenvalue weighted by molar-refractivity contribution is 0.569. The van der Waals surface area contributed by atoms with Crippen molar-refractivity contribution >= 4 is 0 Å². The van der Waals surface area contributed by atoms with E-state index < -0.39 is 0 Å². The summed E-state index contributed by atoms with van der Waals surface area (Å²) in [7, 11) is 0. The Balaban J connectivity index is 2.97. The van der Waals surface area contributed by atoms with E-state index in [1.807, 2.05) is 6.08 Å². The second-order valence-corrected chi connectivity index (χ2v) is 5.64. The van der Waals surface area contributed by atoms with Crippen LogP contribution < -0.4 is 0 Å². The maximum absolute atomic E-state index is 3.82. The molecule has 114 valence electrons. The average molecular weight is 282 g/mol. The molecule has 0 radical (unpaired) electrons. The van der Waals surface area contributed by atoms with Crippen molar-refractivity contribution in [2.75, 3.05) is 0 Å². The van der Waals surface area contributed by atoms with E-state index in [1.54, 1.807) is 5.57 Å². The van der Waals surface area contributed by atoms with E-state index in [0.29, 0.717) is 5.92 Å². The molecule has 0 aliphatic rings. The molecule has 21 heavy (non-hydrogen) atoms. The number of allylic oxidation sites excluding steroid dienone is 5. The first-order valence-corrected chi connectivity index (χ1v) is 8.22. The third-order valence-electron chi connectivity index (χ3n) is 4.27. The van der Waals surface area contributed by atoms with Crippen molar-refractivity contribution in [2.45, 2.75) is 53.4 Å². The van der Waals surface area contributed by atoms with Crippen molar-refractivity contribution in [2.24, 2.45) is 5.92 Å². The van der Waals surface area contributed by atoms with Gasteiger partial charge in [-0.25, -0.2) is 0 Å². The van der Waals surface area contributed by atoms with Crippen molar-refractivity contribution in [3.63, 3.8) is 0 Å². The van der Waals surface area contributed by atoms with E-state index in [4.69, 9.17) is 0 Å². The Morgan fingerprint density at radius 3 is 2.29 bits per heavy atom. The highest BCUT2D eigenvalue weighted by molar-refractivity contribution is 5.30. The lowest BCUT2D eigenvalue weighted by Crippen LogP contribution is -2.08. The minimum atomic E-state index is 0.636. The third-order valence-corrected chi connectivity index (χ3v) is 4.27. The quantitative estimate of drug-likeness (QED) is 0.492. The molecule has 1 unspecified atom stereocenters. The minimum absolute atomic E-state index is 0.636. The molecule has 0 fully saturated rings. The van der Waals surface area contributed by atoms with Gasteiger partial charge in [-0.3, -0.25) is 0 Å². The summed E-state index contributed by atoms with van der Waals surface area (Å²) in [5, 5.41) is 0. The summed E-state index contributed by atoms with van der Waals surface area (Å²) in [6, 6.07) is 8.87. The average Bonchev–Trinajstić information content (AvgIpc) is 2.54. The van der Waals surface area contributed by atoms with Gasteiger partial charge in [-0.1, -0.05) is 81.0 Å². The molecule has 0 aliphatic heterocycles. The first-order valence-electron chi connectivity index (χ1n) is 8.22. The highest BCUT2D eigenvalue weighted by Gasteiger charge is 2.13. The van der Waals surface area contributed by atoms with Gasteiger partial charge in [0, 0.05) is 0 Å². The summed E-state index contributed by atoms with van der Waals surface area (Å²) in [6.45, 7) is 12.7. The molecule has 1 atom stereocenters. The summed E-state index contributed by atoms with van der Waals surface area (Å²) >= 11 is 0. The number of hydrogen-bond donors (Lipinski definition) is 0. The van der Waals surface area contributed by atoms with Gasteiger partial charge in [0.15, 0.2) is 0 Å². The van der Waals surface area contributed by atoms with Gasteiger partial charge in [-0.2, -0.15) is 0 Å². The first-order chi connectivity index (χ1) is 10.2. The Bertz CT molecular complexity index is 503. The van der Waals surface area contributed by atoms with Gasteiger partial charge in [0.05, 0.1) is 0 Å². The molecular weight excluding hydrogens is 252 g/mol. The maximum Gasteiger partial charge on any atom is -0.0162 e. The lowest BCUT2D eigenvalue weighted by Gasteiger charge is -2.19. The second-order valence-electron chi connectivity index (χ2n) is 5.64. The molecule has 0 N–H and O–H groups in total. The molecule has 0 nitrogen and oxygen atoms in total. The molecule has 0 bridgehead atoms. The van der Waals surface area contributed by atoms with Crippen LogP contribution >= 0.6 is 0 Å². The van der Waals surface area contributed by atoms with Crippen LogP contribution in [-0.4, -0.2) is 0 Å². The Labute approximate surface area is 131 Å². The van der Waals surface area contributed by atoms with Crippen molar-refractivity contribution in [3.8, 4) is 0 Å². The van der Waals surface area contributed by atoms with Crippen molar-refractivity contribution in [1.82, 2.24) is 0 Å². The van der Waals surface area contributed by atoms with Crippen LogP contribution in [0.5, 0.6) is 0 Å². The summed E-state index contributed by atoms with van der Waals surface area (Å²) in [5.74, 6) is 0.636. The van der Waals surface area contributed by atoms with Crippen LogP contribution in [-0.2, 0) is 12.8 Å². The van der Waals surface area contributed by atoms with E-state index in [2.05, 4.69) is 70.7 Å². The van der Waals surface area contributed by atoms with Gasteiger partial charge in [0.25, 0.3) is 0 Å². The van der Waals surface area contributed by atoms with Gasteiger partial charge in [-0.05, 0) is 49.7 Å². The fourth-order valence-electron chi connectivity index (χ4n) is 2.75. The molecule has 0 spiro atoms. The van der Waals surface area contributed by atoms with Crippen LogP contribution in [0.25, 0.3) is 0 Å². The second kappa shape index (κ2) is 9.39. The van der Waals surface area contributed by atoms with Crippen molar-refractivity contribution in [3.05, 3.63) is 71.3 Å². The molecular formula is C21H30. The van der Waals surface area contributed by atoms with Gasteiger partial charge in [0.2, 0.25) is 0 Å². The van der Waals surface area contributed by atoms with Crippen LogP contribution in [0.15, 0.2) is 60.2 Å². The predicted octanol–water partition coefficient (Wildman–Crippen LogP) is 6.29. The molecule has 1 aromatic carbocycles. The van der Waals surface area contributed by atoms with Gasteiger partial charge in [-0.15, -0.1) is 0 Å². The fourth-order valence-corrected chi connectivity index (χ4v) is 2.75. The highest BCUT2D eigenvalue weighted by atomic mass is 14.2. The molecule has 0 heterocycles. The first kappa shape index (κ1) is 17.5. The molecule has 1 aromatic rings. The van der Waals surface area contributed by atoms with Crippen LogP contribution in [0.1, 0.15) is 51.7 Å². The molecule has 0 aromatic heterocycles. The van der Waals surface area contributed by atoms with Crippen molar-refractivity contribution in [1.29, 1.82) is 0 Å². The number of benzene rings is 1. The zero-order chi connectivity index (χ0) is 15.7. The standard InChI is InChI=1S/C21H30/c1-6-17(5)14-15-19(8-3)20(9-4)16-21-13-11-10-12-18(21)7-2/h6,10-15,20H,1,7-9,16H2,2-5H3/b17-14-,19-15+. The summed E-state index contributed by atoms with van der Waals surface area (Å²) < 4.78 is 0. The van der Waals surface area contributed by atoms with E-state index in [1.165, 1.54) is 23.1 Å². The Hall–Kier alpha value is -1.56. The van der Waals surface area contributed by atoms with Crippen LogP contribution in [0.4, 0.5) is 0 Å². The normalized spacial score (nSPS) is 14.1. The molecule has 0 saturated heterocycles. The van der Waals surface area contributed by atoms with Gasteiger partial charge in [0.1, 0.15) is 0 Å². The topological polar surface area (TPSA) is 0 Å². The Morgan fingerprint density at radius 2 is 1.76 bits per heavy atom. The highest BCUT2D eigenvalue weighted by Crippen LogP contribution is 2.25. The monoisotopic (exact) mass is 282 g/mol. The number of rotatable bonds is 8. The molecule has 0 aliphatic carbocycles. The summed E-state index contributed by atoms with van der Waals surface area (Å²) in [4.78, 5) is 0.